The second-order valence-corrected chi connectivity index (χ2v) is 7.73. The summed E-state index contributed by atoms with van der Waals surface area (Å²) >= 11 is 0. The van der Waals surface area contributed by atoms with Gasteiger partial charge in [-0.1, -0.05) is 19.1 Å². The van der Waals surface area contributed by atoms with Crippen molar-refractivity contribution in [3.8, 4) is 5.75 Å². The fourth-order valence-corrected chi connectivity index (χ4v) is 3.89. The van der Waals surface area contributed by atoms with Crippen LogP contribution in [0.1, 0.15) is 19.8 Å². The molecule has 0 amide bonds. The minimum atomic E-state index is -3.34. The van der Waals surface area contributed by atoms with Crippen molar-refractivity contribution in [3.05, 3.63) is 24.3 Å². The maximum atomic E-state index is 11.6. The number of hydrogen-bond donors (Lipinski definition) is 2. The highest BCUT2D eigenvalue weighted by Gasteiger charge is 2.19. The Labute approximate surface area is 151 Å². The van der Waals surface area contributed by atoms with Gasteiger partial charge in [0, 0.05) is 39.3 Å². The van der Waals surface area contributed by atoms with Gasteiger partial charge < -0.3 is 9.64 Å². The number of anilines is 1. The van der Waals surface area contributed by atoms with E-state index in [9.17, 15) is 8.42 Å². The summed E-state index contributed by atoms with van der Waals surface area (Å²) in [5.74, 6) is 0.907. The molecule has 1 aliphatic rings. The summed E-state index contributed by atoms with van der Waals surface area (Å²) < 4.78 is 33.8. The number of ether oxygens (including phenoxy) is 1. The van der Waals surface area contributed by atoms with Crippen LogP contribution >= 0.6 is 0 Å². The molecule has 1 aliphatic heterocycles. The lowest BCUT2D eigenvalue weighted by atomic mass is 10.2. The monoisotopic (exact) mass is 370 g/mol. The van der Waals surface area contributed by atoms with E-state index in [1.54, 1.807) is 7.11 Å². The summed E-state index contributed by atoms with van der Waals surface area (Å²) in [4.78, 5) is 4.71. The number of hydrogen-bond acceptors (Lipinski definition) is 5. The second kappa shape index (κ2) is 9.96. The van der Waals surface area contributed by atoms with Crippen LogP contribution in [0.4, 0.5) is 5.69 Å². The molecule has 1 heterocycles. The van der Waals surface area contributed by atoms with E-state index in [0.717, 1.165) is 57.0 Å². The van der Waals surface area contributed by atoms with Gasteiger partial charge in [0.25, 0.3) is 10.2 Å². The van der Waals surface area contributed by atoms with Gasteiger partial charge in [0.15, 0.2) is 0 Å². The summed E-state index contributed by atoms with van der Waals surface area (Å²) in [6, 6.07) is 8.09. The van der Waals surface area contributed by atoms with Crippen LogP contribution in [-0.4, -0.2) is 66.2 Å². The lowest BCUT2D eigenvalue weighted by Crippen LogP contribution is -2.47. The Bertz CT molecular complexity index is 616. The quantitative estimate of drug-likeness (QED) is 0.602. The molecule has 8 heteroatoms. The first kappa shape index (κ1) is 20.0. The molecule has 0 radical (unpaired) electrons. The van der Waals surface area contributed by atoms with Gasteiger partial charge in [0.2, 0.25) is 0 Å². The van der Waals surface area contributed by atoms with Crippen molar-refractivity contribution in [3.63, 3.8) is 0 Å². The largest absolute Gasteiger partial charge is 0.495 e. The highest BCUT2D eigenvalue weighted by molar-refractivity contribution is 7.87. The maximum absolute atomic E-state index is 11.6. The third kappa shape index (κ3) is 6.47. The normalized spacial score (nSPS) is 16.2. The minimum Gasteiger partial charge on any atom is -0.495 e. The van der Waals surface area contributed by atoms with Crippen molar-refractivity contribution in [2.75, 3.05) is 57.8 Å². The summed E-state index contributed by atoms with van der Waals surface area (Å²) in [7, 11) is -1.64. The molecule has 1 fully saturated rings. The molecule has 1 aromatic carbocycles. The van der Waals surface area contributed by atoms with E-state index in [1.807, 2.05) is 25.1 Å². The molecule has 1 aromatic rings. The van der Waals surface area contributed by atoms with Crippen LogP contribution < -0.4 is 19.1 Å². The molecule has 25 heavy (non-hydrogen) atoms. The lowest BCUT2D eigenvalue weighted by Gasteiger charge is -2.36. The van der Waals surface area contributed by atoms with E-state index in [1.165, 1.54) is 0 Å². The summed E-state index contributed by atoms with van der Waals surface area (Å²) in [6.45, 7) is 7.61. The average molecular weight is 371 g/mol. The highest BCUT2D eigenvalue weighted by Crippen LogP contribution is 2.28. The van der Waals surface area contributed by atoms with Crippen molar-refractivity contribution in [1.29, 1.82) is 0 Å². The van der Waals surface area contributed by atoms with Gasteiger partial charge in [0.1, 0.15) is 5.75 Å². The van der Waals surface area contributed by atoms with Gasteiger partial charge >= 0.3 is 0 Å². The fourth-order valence-electron chi connectivity index (χ4n) is 2.90. The third-order valence-corrected chi connectivity index (χ3v) is 5.45. The molecule has 0 spiro atoms. The molecular weight excluding hydrogens is 340 g/mol. The number of piperazine rings is 1. The van der Waals surface area contributed by atoms with Crippen LogP contribution in [0.25, 0.3) is 0 Å². The molecule has 0 saturated carbocycles. The third-order valence-electron chi connectivity index (χ3n) is 4.28. The number of methoxy groups -OCH3 is 1. The van der Waals surface area contributed by atoms with Gasteiger partial charge in [-0.05, 0) is 31.5 Å². The Morgan fingerprint density at radius 2 is 1.76 bits per heavy atom. The lowest BCUT2D eigenvalue weighted by molar-refractivity contribution is 0.254. The van der Waals surface area contributed by atoms with E-state index in [0.29, 0.717) is 13.1 Å². The molecule has 0 unspecified atom stereocenters. The molecule has 0 atom stereocenters. The smallest absolute Gasteiger partial charge is 0.276 e. The summed E-state index contributed by atoms with van der Waals surface area (Å²) in [5.41, 5.74) is 1.14. The van der Waals surface area contributed by atoms with E-state index < -0.39 is 10.2 Å². The SMILES string of the molecule is CCCNS(=O)(=O)NCCCN1CCN(c2ccccc2OC)CC1. The molecule has 0 aliphatic carbocycles. The summed E-state index contributed by atoms with van der Waals surface area (Å²) in [5, 5.41) is 0. The summed E-state index contributed by atoms with van der Waals surface area (Å²) in [6.07, 6.45) is 1.60. The molecule has 2 rings (SSSR count). The van der Waals surface area contributed by atoms with Gasteiger partial charge in [-0.3, -0.25) is 4.90 Å². The van der Waals surface area contributed by atoms with Crippen molar-refractivity contribution >= 4 is 15.9 Å². The zero-order valence-electron chi connectivity index (χ0n) is 15.2. The Morgan fingerprint density at radius 1 is 1.08 bits per heavy atom. The molecule has 142 valence electrons. The molecule has 1 saturated heterocycles. The number of nitrogens with one attached hydrogen (secondary N) is 2. The Morgan fingerprint density at radius 3 is 2.44 bits per heavy atom. The minimum absolute atomic E-state index is 0.464. The zero-order chi connectivity index (χ0) is 18.1. The van der Waals surface area contributed by atoms with Crippen LogP contribution in [0.2, 0.25) is 0 Å². The molecular formula is C17H30N4O3S. The maximum Gasteiger partial charge on any atom is 0.276 e. The van der Waals surface area contributed by atoms with E-state index in [-0.39, 0.29) is 0 Å². The van der Waals surface area contributed by atoms with Crippen LogP contribution in [-0.2, 0) is 10.2 Å². The number of benzene rings is 1. The van der Waals surface area contributed by atoms with Crippen LogP contribution in [0.5, 0.6) is 5.75 Å². The van der Waals surface area contributed by atoms with Gasteiger partial charge in [0.05, 0.1) is 12.8 Å². The topological polar surface area (TPSA) is 73.9 Å². The predicted molar refractivity (Wildman–Crippen MR) is 101 cm³/mol. The second-order valence-electron chi connectivity index (χ2n) is 6.15. The number of rotatable bonds is 10. The van der Waals surface area contributed by atoms with E-state index in [2.05, 4.69) is 25.3 Å². The van der Waals surface area contributed by atoms with Crippen LogP contribution in [0.3, 0.4) is 0 Å². The van der Waals surface area contributed by atoms with Crippen molar-refractivity contribution in [1.82, 2.24) is 14.3 Å². The van der Waals surface area contributed by atoms with Gasteiger partial charge in [-0.2, -0.15) is 8.42 Å². The van der Waals surface area contributed by atoms with Crippen molar-refractivity contribution < 1.29 is 13.2 Å². The molecule has 7 nitrogen and oxygen atoms in total. The zero-order valence-corrected chi connectivity index (χ0v) is 16.0. The van der Waals surface area contributed by atoms with E-state index in [4.69, 9.17) is 4.74 Å². The molecule has 0 aromatic heterocycles. The standard InChI is InChI=1S/C17H30N4O3S/c1-3-9-18-25(22,23)19-10-6-11-20-12-14-21(15-13-20)16-7-4-5-8-17(16)24-2/h4-5,7-8,18-19H,3,6,9-15H2,1-2H3. The Balaban J connectivity index is 1.69. The van der Waals surface area contributed by atoms with Crippen molar-refractivity contribution in [2.45, 2.75) is 19.8 Å². The first-order valence-electron chi connectivity index (χ1n) is 8.90. The van der Waals surface area contributed by atoms with Gasteiger partial charge in [-0.15, -0.1) is 0 Å². The predicted octanol–water partition coefficient (Wildman–Crippen LogP) is 1.04. The number of para-hydroxylation sites is 2. The first-order valence-corrected chi connectivity index (χ1v) is 10.4. The Hall–Kier alpha value is -1.35. The average Bonchev–Trinajstić information content (AvgIpc) is 2.64. The fraction of sp³-hybridized carbons (Fsp3) is 0.647. The van der Waals surface area contributed by atoms with Gasteiger partial charge in [-0.25, -0.2) is 9.44 Å². The van der Waals surface area contributed by atoms with E-state index >= 15 is 0 Å². The Kier molecular flexibility index (Phi) is 7.95. The first-order chi connectivity index (χ1) is 12.1. The highest BCUT2D eigenvalue weighted by atomic mass is 32.2. The van der Waals surface area contributed by atoms with Crippen LogP contribution in [0.15, 0.2) is 24.3 Å². The number of nitrogens with zero attached hydrogens (tertiary/aromatic N) is 2. The van der Waals surface area contributed by atoms with Crippen molar-refractivity contribution in [2.24, 2.45) is 0 Å². The van der Waals surface area contributed by atoms with Crippen LogP contribution in [0, 0.1) is 0 Å². The molecule has 2 N–H and O–H groups in total. The molecule has 0 bridgehead atoms.